The first-order valence-electron chi connectivity index (χ1n) is 21.1. The molecule has 3 fully saturated rings. The van der Waals surface area contributed by atoms with E-state index in [1.165, 1.54) is 29.9 Å². The first-order valence-corrected chi connectivity index (χ1v) is 21.1. The molecule has 5 heterocycles. The Morgan fingerprint density at radius 1 is 1.03 bits per heavy atom. The van der Waals surface area contributed by atoms with E-state index in [0.717, 1.165) is 69.2 Å². The van der Waals surface area contributed by atoms with Gasteiger partial charge < -0.3 is 24.7 Å². The van der Waals surface area contributed by atoms with Gasteiger partial charge in [0, 0.05) is 57.7 Å². The summed E-state index contributed by atoms with van der Waals surface area (Å²) < 4.78 is 44.4. The molecule has 3 N–H and O–H groups in total. The topological polar surface area (TPSA) is 183 Å². The highest BCUT2D eigenvalue weighted by atomic mass is 19.3. The molecule has 8 rings (SSSR count). The Morgan fingerprint density at radius 2 is 1.84 bits per heavy atom. The number of halogens is 2. The standard InChI is InChI=1S/C43H52F2N10O6/c1-52(17-19-60-18-3-4-26-9-12-33-35(20-26)53(2)43(59)55(33)34-13-14-37(56)50-41(34)58)23-28-7-10-30(11-8-28)54-24-31(38(51-54)39(44)45)48-40(57)32-25-61-42(49-32)29-15-16-46-36(21-29)47-22-27-5-6-27/h9,12,15-16,20-21,24-25,27-28,30,34,39H,3-8,10-11,13-14,17-19,22-23H2,1-2H3,(H,46,47)(H,48,57)(H,50,56,58). The molecule has 3 amide bonds. The molecule has 61 heavy (non-hydrogen) atoms. The third kappa shape index (κ3) is 9.91. The van der Waals surface area contributed by atoms with Crippen molar-refractivity contribution in [3.05, 3.63) is 76.4 Å². The number of nitrogens with zero attached hydrogens (tertiary/aromatic N) is 7. The number of imidazole rings is 1. The maximum Gasteiger partial charge on any atom is 0.329 e. The van der Waals surface area contributed by atoms with Gasteiger partial charge in [-0.3, -0.25) is 33.5 Å². The van der Waals surface area contributed by atoms with Gasteiger partial charge in [-0.1, -0.05) is 6.07 Å². The summed E-state index contributed by atoms with van der Waals surface area (Å²) in [5.41, 5.74) is 2.27. The fraction of sp³-hybridized carbons (Fsp3) is 0.512. The van der Waals surface area contributed by atoms with Crippen molar-refractivity contribution in [2.24, 2.45) is 18.9 Å². The van der Waals surface area contributed by atoms with Crippen LogP contribution in [-0.2, 0) is 27.8 Å². The summed E-state index contributed by atoms with van der Waals surface area (Å²) in [4.78, 5) is 61.2. The minimum atomic E-state index is -2.87. The van der Waals surface area contributed by atoms with Crippen molar-refractivity contribution in [2.75, 3.05) is 50.5 Å². The number of anilines is 2. The van der Waals surface area contributed by atoms with Crippen LogP contribution in [0.3, 0.4) is 0 Å². The normalized spacial score (nSPS) is 19.5. The molecule has 1 saturated heterocycles. The molecule has 0 radical (unpaired) electrons. The number of likely N-dealkylation sites (N-methyl/N-ethyl adjacent to an activating group) is 1. The minimum Gasteiger partial charge on any atom is -0.444 e. The third-order valence-corrected chi connectivity index (χ3v) is 12.0. The van der Waals surface area contributed by atoms with E-state index < -0.39 is 30.0 Å². The van der Waals surface area contributed by atoms with Crippen molar-refractivity contribution >= 4 is 40.3 Å². The zero-order valence-electron chi connectivity index (χ0n) is 34.4. The number of fused-ring (bicyclic) bond motifs is 1. The van der Waals surface area contributed by atoms with Gasteiger partial charge in [0.25, 0.3) is 12.3 Å². The predicted molar refractivity (Wildman–Crippen MR) is 222 cm³/mol. The van der Waals surface area contributed by atoms with Gasteiger partial charge >= 0.3 is 5.69 Å². The van der Waals surface area contributed by atoms with Gasteiger partial charge in [0.05, 0.1) is 29.4 Å². The van der Waals surface area contributed by atoms with Gasteiger partial charge in [0.2, 0.25) is 17.7 Å². The first-order chi connectivity index (χ1) is 29.5. The summed E-state index contributed by atoms with van der Waals surface area (Å²) in [7, 11) is 3.77. The summed E-state index contributed by atoms with van der Waals surface area (Å²) in [5.74, 6) is 0.598. The Hall–Kier alpha value is -5.75. The van der Waals surface area contributed by atoms with Crippen LogP contribution < -0.4 is 21.6 Å². The number of piperidine rings is 1. The summed E-state index contributed by atoms with van der Waals surface area (Å²) in [6.07, 6.45) is 9.36. The zero-order valence-corrected chi connectivity index (χ0v) is 34.4. The number of ether oxygens (including phenoxy) is 1. The fourth-order valence-electron chi connectivity index (χ4n) is 8.40. The Labute approximate surface area is 351 Å². The van der Waals surface area contributed by atoms with Gasteiger partial charge in [0.1, 0.15) is 18.1 Å². The average Bonchev–Trinajstić information content (AvgIpc) is 3.66. The molecule has 2 aliphatic carbocycles. The molecule has 1 aliphatic heterocycles. The number of alkyl halides is 2. The van der Waals surface area contributed by atoms with Gasteiger partial charge in [0.15, 0.2) is 11.4 Å². The zero-order chi connectivity index (χ0) is 42.6. The highest BCUT2D eigenvalue weighted by Crippen LogP contribution is 2.35. The lowest BCUT2D eigenvalue weighted by molar-refractivity contribution is -0.135. The molecule has 1 atom stereocenters. The SMILES string of the molecule is CN(CCOCCCc1ccc2c(c1)n(C)c(=O)n2C1CCC(=O)NC1=O)CC1CCC(n2cc(NC(=O)c3coc(-c4ccnc(NCC5CC5)c4)n3)c(C(F)F)n2)CC1. The van der Waals surface area contributed by atoms with E-state index in [1.807, 2.05) is 18.2 Å². The van der Waals surface area contributed by atoms with Crippen molar-refractivity contribution in [3.63, 3.8) is 0 Å². The molecule has 18 heteroatoms. The number of hydrogen-bond donors (Lipinski definition) is 3. The average molecular weight is 843 g/mol. The molecule has 0 spiro atoms. The van der Waals surface area contributed by atoms with Crippen molar-refractivity contribution in [1.82, 2.24) is 39.1 Å². The number of hydrogen-bond acceptors (Lipinski definition) is 11. The van der Waals surface area contributed by atoms with Crippen LogP contribution in [0.15, 0.2) is 58.2 Å². The van der Waals surface area contributed by atoms with Gasteiger partial charge in [-0.15, -0.1) is 0 Å². The highest BCUT2D eigenvalue weighted by molar-refractivity contribution is 6.03. The summed E-state index contributed by atoms with van der Waals surface area (Å²) in [6.45, 7) is 3.69. The molecule has 0 bridgehead atoms. The second-order valence-electron chi connectivity index (χ2n) is 16.6. The number of carbonyl (C=O) groups excluding carboxylic acids is 3. The largest absolute Gasteiger partial charge is 0.444 e. The highest BCUT2D eigenvalue weighted by Gasteiger charge is 2.32. The number of pyridine rings is 1. The summed E-state index contributed by atoms with van der Waals surface area (Å²) >= 11 is 0. The molecular weight excluding hydrogens is 791 g/mol. The summed E-state index contributed by atoms with van der Waals surface area (Å²) in [5, 5.41) is 12.4. The molecule has 4 aromatic heterocycles. The van der Waals surface area contributed by atoms with Crippen LogP contribution in [0.5, 0.6) is 0 Å². The van der Waals surface area contributed by atoms with Crippen LogP contribution in [0.2, 0.25) is 0 Å². The van der Waals surface area contributed by atoms with Gasteiger partial charge in [-0.05, 0) is 106 Å². The molecule has 1 aromatic carbocycles. The van der Waals surface area contributed by atoms with Crippen LogP contribution in [-0.4, -0.2) is 91.4 Å². The maximum absolute atomic E-state index is 14.1. The number of oxazole rings is 1. The van der Waals surface area contributed by atoms with E-state index in [9.17, 15) is 28.0 Å². The number of benzene rings is 1. The predicted octanol–water partition coefficient (Wildman–Crippen LogP) is 5.89. The van der Waals surface area contributed by atoms with Crippen LogP contribution in [0.25, 0.3) is 22.5 Å². The lowest BCUT2D eigenvalue weighted by Crippen LogP contribution is -2.44. The number of imide groups is 1. The second kappa shape index (κ2) is 18.5. The maximum atomic E-state index is 14.1. The lowest BCUT2D eigenvalue weighted by atomic mass is 9.86. The van der Waals surface area contributed by atoms with Crippen molar-refractivity contribution in [1.29, 1.82) is 0 Å². The van der Waals surface area contributed by atoms with Crippen molar-refractivity contribution in [3.8, 4) is 11.5 Å². The van der Waals surface area contributed by atoms with Crippen LogP contribution in [0.4, 0.5) is 20.3 Å². The van der Waals surface area contributed by atoms with E-state index in [-0.39, 0.29) is 41.3 Å². The Bertz CT molecular complexity index is 2430. The minimum absolute atomic E-state index is 0.0343. The van der Waals surface area contributed by atoms with E-state index >= 15 is 0 Å². The molecular formula is C43H52F2N10O6. The molecule has 1 unspecified atom stereocenters. The third-order valence-electron chi connectivity index (χ3n) is 12.0. The van der Waals surface area contributed by atoms with Crippen LogP contribution >= 0.6 is 0 Å². The number of amides is 3. The quantitative estimate of drug-likeness (QED) is 0.0707. The lowest BCUT2D eigenvalue weighted by Gasteiger charge is -2.31. The fourth-order valence-corrected chi connectivity index (χ4v) is 8.40. The van der Waals surface area contributed by atoms with Crippen molar-refractivity contribution in [2.45, 2.75) is 82.7 Å². The number of nitrogens with one attached hydrogen (secondary N) is 3. The monoisotopic (exact) mass is 842 g/mol. The van der Waals surface area contributed by atoms with E-state index in [0.29, 0.717) is 48.4 Å². The first kappa shape index (κ1) is 42.0. The van der Waals surface area contributed by atoms with Crippen LogP contribution in [0.1, 0.15) is 98.0 Å². The Kier molecular flexibility index (Phi) is 12.7. The number of rotatable bonds is 18. The molecule has 16 nitrogen and oxygen atoms in total. The number of carbonyl (C=O) groups is 3. The number of aromatic nitrogens is 6. The molecule has 5 aromatic rings. The molecule has 3 aliphatic rings. The van der Waals surface area contributed by atoms with Crippen molar-refractivity contribution < 1.29 is 32.3 Å². The van der Waals surface area contributed by atoms with Gasteiger partial charge in [-0.25, -0.2) is 23.5 Å². The second-order valence-corrected chi connectivity index (χ2v) is 16.6. The van der Waals surface area contributed by atoms with E-state index in [1.54, 1.807) is 34.6 Å². The number of aryl methyl sites for hydroxylation is 2. The molecule has 324 valence electrons. The van der Waals surface area contributed by atoms with E-state index in [2.05, 4.69) is 43.0 Å². The Morgan fingerprint density at radius 3 is 2.61 bits per heavy atom. The smallest absolute Gasteiger partial charge is 0.329 e. The van der Waals surface area contributed by atoms with Crippen LogP contribution in [0, 0.1) is 11.8 Å². The molecule has 2 saturated carbocycles. The summed E-state index contributed by atoms with van der Waals surface area (Å²) in [6, 6.07) is 8.57. The Balaban J connectivity index is 0.757. The van der Waals surface area contributed by atoms with E-state index in [4.69, 9.17) is 9.15 Å². The van der Waals surface area contributed by atoms with Gasteiger partial charge in [-0.2, -0.15) is 5.10 Å².